The second-order valence-corrected chi connectivity index (χ2v) is 25.9. The van der Waals surface area contributed by atoms with Crippen molar-refractivity contribution in [2.75, 3.05) is 13.2 Å². The van der Waals surface area contributed by atoms with Crippen LogP contribution in [0.4, 0.5) is 0 Å². The molecule has 0 fully saturated rings. The Morgan fingerprint density at radius 2 is 0.402 bits per heavy atom. The predicted molar refractivity (Wildman–Crippen MR) is 358 cm³/mol. The van der Waals surface area contributed by atoms with Crippen molar-refractivity contribution in [1.29, 1.82) is 0 Å². The van der Waals surface area contributed by atoms with Crippen LogP contribution in [0.1, 0.15) is 438 Å². The summed E-state index contributed by atoms with van der Waals surface area (Å²) in [6.45, 7) is 6.74. The van der Waals surface area contributed by atoms with Gasteiger partial charge in [0.05, 0.1) is 0 Å². The number of carbonyl (C=O) groups is 3. The minimum atomic E-state index is -0.769. The molecule has 1 unspecified atom stereocenters. The second kappa shape index (κ2) is 71.6. The summed E-state index contributed by atoms with van der Waals surface area (Å²) in [5, 5.41) is 0. The molecule has 6 nitrogen and oxygen atoms in total. The van der Waals surface area contributed by atoms with Gasteiger partial charge in [0.15, 0.2) is 6.10 Å². The van der Waals surface area contributed by atoms with Gasteiger partial charge in [-0.2, -0.15) is 0 Å². The first kappa shape index (κ1) is 80.2. The lowest BCUT2D eigenvalue weighted by Gasteiger charge is -2.18. The number of hydrogen-bond donors (Lipinski definition) is 0. The molecule has 0 bridgehead atoms. The number of ether oxygens (including phenoxy) is 3. The van der Waals surface area contributed by atoms with Crippen molar-refractivity contribution in [1.82, 2.24) is 0 Å². The summed E-state index contributed by atoms with van der Waals surface area (Å²) in [6.07, 6.45) is 86.8. The van der Waals surface area contributed by atoms with E-state index < -0.39 is 6.10 Å². The van der Waals surface area contributed by atoms with Crippen LogP contribution in [0.25, 0.3) is 0 Å². The average molecular weight is 1160 g/mol. The van der Waals surface area contributed by atoms with Gasteiger partial charge in [0, 0.05) is 19.3 Å². The molecular weight excluding hydrogens is 1010 g/mol. The summed E-state index contributed by atoms with van der Waals surface area (Å²) < 4.78 is 17.0. The molecule has 0 amide bonds. The van der Waals surface area contributed by atoms with E-state index in [1.807, 2.05) is 0 Å². The molecule has 6 heteroatoms. The van der Waals surface area contributed by atoms with E-state index in [1.165, 1.54) is 340 Å². The highest BCUT2D eigenvalue weighted by Gasteiger charge is 2.20. The Kier molecular flexibility index (Phi) is 70.0. The Balaban J connectivity index is 4.24. The number of unbranched alkanes of at least 4 members (excludes halogenated alkanes) is 58. The van der Waals surface area contributed by atoms with Crippen molar-refractivity contribution in [3.05, 3.63) is 12.2 Å². The Morgan fingerprint density at radius 1 is 0.232 bits per heavy atom. The quantitative estimate of drug-likeness (QED) is 0.0261. The summed E-state index contributed by atoms with van der Waals surface area (Å²) in [4.78, 5) is 38.5. The van der Waals surface area contributed by atoms with Crippen molar-refractivity contribution in [3.63, 3.8) is 0 Å². The molecule has 0 aliphatic heterocycles. The lowest BCUT2D eigenvalue weighted by molar-refractivity contribution is -0.167. The summed E-state index contributed by atoms with van der Waals surface area (Å²) in [7, 11) is 0. The summed E-state index contributed by atoms with van der Waals surface area (Å²) in [6, 6.07) is 0. The van der Waals surface area contributed by atoms with Gasteiger partial charge in [0.25, 0.3) is 0 Å². The second-order valence-electron chi connectivity index (χ2n) is 25.9. The van der Waals surface area contributed by atoms with Gasteiger partial charge in [0.2, 0.25) is 0 Å². The molecule has 0 aromatic rings. The fraction of sp³-hybridized carbons (Fsp3) is 0.934. The zero-order chi connectivity index (χ0) is 59.2. The topological polar surface area (TPSA) is 78.9 Å². The Labute approximate surface area is 513 Å². The number of esters is 3. The smallest absolute Gasteiger partial charge is 0.306 e. The van der Waals surface area contributed by atoms with Crippen LogP contribution in [0.15, 0.2) is 12.2 Å². The van der Waals surface area contributed by atoms with Crippen LogP contribution in [-0.2, 0) is 28.6 Å². The van der Waals surface area contributed by atoms with Crippen molar-refractivity contribution in [2.24, 2.45) is 0 Å². The lowest BCUT2D eigenvalue weighted by Crippen LogP contribution is -2.30. The van der Waals surface area contributed by atoms with Gasteiger partial charge < -0.3 is 14.2 Å². The van der Waals surface area contributed by atoms with Crippen LogP contribution in [0.3, 0.4) is 0 Å². The molecule has 0 radical (unpaired) electrons. The third-order valence-electron chi connectivity index (χ3n) is 17.5. The molecule has 0 aromatic heterocycles. The number of hydrogen-bond acceptors (Lipinski definition) is 6. The van der Waals surface area contributed by atoms with E-state index in [9.17, 15) is 14.4 Å². The van der Waals surface area contributed by atoms with Gasteiger partial charge in [-0.3, -0.25) is 14.4 Å². The van der Waals surface area contributed by atoms with Crippen LogP contribution in [-0.4, -0.2) is 37.2 Å². The van der Waals surface area contributed by atoms with Crippen molar-refractivity contribution in [3.8, 4) is 0 Å². The Morgan fingerprint density at radius 3 is 0.610 bits per heavy atom. The van der Waals surface area contributed by atoms with E-state index in [-0.39, 0.29) is 31.1 Å². The van der Waals surface area contributed by atoms with E-state index in [4.69, 9.17) is 14.2 Å². The van der Waals surface area contributed by atoms with Crippen LogP contribution in [0, 0.1) is 0 Å². The molecule has 486 valence electrons. The monoisotopic (exact) mass is 1160 g/mol. The molecule has 0 aliphatic carbocycles. The number of allylic oxidation sites excluding steroid dienone is 2. The third-order valence-corrected chi connectivity index (χ3v) is 17.5. The van der Waals surface area contributed by atoms with Crippen molar-refractivity contribution < 1.29 is 28.6 Å². The van der Waals surface area contributed by atoms with Gasteiger partial charge in [-0.15, -0.1) is 0 Å². The standard InChI is InChI=1S/C76H146O6/c1-4-7-10-13-16-19-22-25-28-31-33-35-36-37-38-39-41-42-45-48-51-54-57-60-63-66-69-75(78)81-72-73(71-80-74(77)68-65-62-59-56-53-50-47-44-30-27-24-21-18-15-12-9-6-3)82-76(79)70-67-64-61-58-55-52-49-46-43-40-34-32-29-26-23-20-17-14-11-8-5-2/h27,30,73H,4-26,28-29,31-72H2,1-3H3/b30-27-. The molecule has 1 atom stereocenters. The largest absolute Gasteiger partial charge is 0.462 e. The Bertz CT molecular complexity index is 1280. The van der Waals surface area contributed by atoms with E-state index in [0.717, 1.165) is 57.8 Å². The molecule has 0 N–H and O–H groups in total. The van der Waals surface area contributed by atoms with Crippen molar-refractivity contribution in [2.45, 2.75) is 444 Å². The van der Waals surface area contributed by atoms with Crippen LogP contribution >= 0.6 is 0 Å². The molecule has 0 aromatic carbocycles. The summed E-state index contributed by atoms with van der Waals surface area (Å²) in [5.41, 5.74) is 0. The lowest BCUT2D eigenvalue weighted by atomic mass is 10.0. The van der Waals surface area contributed by atoms with Gasteiger partial charge in [-0.05, 0) is 44.9 Å². The molecule has 0 saturated heterocycles. The molecule has 0 spiro atoms. The maximum Gasteiger partial charge on any atom is 0.306 e. The molecule has 0 saturated carbocycles. The first-order valence-electron chi connectivity index (χ1n) is 37.7. The summed E-state index contributed by atoms with van der Waals surface area (Å²) >= 11 is 0. The van der Waals surface area contributed by atoms with Gasteiger partial charge in [0.1, 0.15) is 13.2 Å². The van der Waals surface area contributed by atoms with E-state index in [1.54, 1.807) is 0 Å². The minimum absolute atomic E-state index is 0.0639. The molecular formula is C76H146O6. The third kappa shape index (κ3) is 68.9. The SMILES string of the molecule is CCCCCCCC/C=C\CCCCCCCCCC(=O)OCC(COC(=O)CCCCCCCCCCCCCCCCCCCCCCCCCCCC)OC(=O)CCCCCCCCCCCCCCCCCCCCCCC. The predicted octanol–water partition coefficient (Wildman–Crippen LogP) is 26.0. The summed E-state index contributed by atoms with van der Waals surface area (Å²) in [5.74, 6) is -0.828. The van der Waals surface area contributed by atoms with Crippen molar-refractivity contribution >= 4 is 17.9 Å². The molecule has 0 aliphatic rings. The fourth-order valence-corrected chi connectivity index (χ4v) is 11.9. The zero-order valence-corrected chi connectivity index (χ0v) is 56.1. The number of rotatable bonds is 71. The van der Waals surface area contributed by atoms with E-state index >= 15 is 0 Å². The molecule has 0 rings (SSSR count). The highest BCUT2D eigenvalue weighted by Crippen LogP contribution is 2.20. The van der Waals surface area contributed by atoms with Crippen LogP contribution < -0.4 is 0 Å². The fourth-order valence-electron chi connectivity index (χ4n) is 11.9. The molecule has 82 heavy (non-hydrogen) atoms. The van der Waals surface area contributed by atoms with Gasteiger partial charge in [-0.1, -0.05) is 386 Å². The highest BCUT2D eigenvalue weighted by molar-refractivity contribution is 5.71. The van der Waals surface area contributed by atoms with Crippen LogP contribution in [0.2, 0.25) is 0 Å². The number of carbonyl (C=O) groups excluding carboxylic acids is 3. The minimum Gasteiger partial charge on any atom is -0.462 e. The maximum absolute atomic E-state index is 13.0. The van der Waals surface area contributed by atoms with E-state index in [2.05, 4.69) is 32.9 Å². The normalized spacial score (nSPS) is 12.0. The van der Waals surface area contributed by atoms with Gasteiger partial charge >= 0.3 is 17.9 Å². The van der Waals surface area contributed by atoms with Crippen LogP contribution in [0.5, 0.6) is 0 Å². The average Bonchev–Trinajstić information content (AvgIpc) is 3.47. The first-order valence-corrected chi connectivity index (χ1v) is 37.7. The van der Waals surface area contributed by atoms with Gasteiger partial charge in [-0.25, -0.2) is 0 Å². The zero-order valence-electron chi connectivity index (χ0n) is 56.1. The van der Waals surface area contributed by atoms with E-state index in [0.29, 0.717) is 19.3 Å². The highest BCUT2D eigenvalue weighted by atomic mass is 16.6. The molecule has 0 heterocycles. The first-order chi connectivity index (χ1) is 40.5. The maximum atomic E-state index is 13.0. The Hall–Kier alpha value is -1.85.